The van der Waals surface area contributed by atoms with Gasteiger partial charge in [0.2, 0.25) is 0 Å². The normalized spacial score (nSPS) is 13.7. The second-order valence-corrected chi connectivity index (χ2v) is 5.97. The molecule has 0 saturated heterocycles. The molecule has 3 nitrogen and oxygen atoms in total. The van der Waals surface area contributed by atoms with E-state index in [0.29, 0.717) is 18.7 Å². The first-order valence-electron chi connectivity index (χ1n) is 6.62. The van der Waals surface area contributed by atoms with Gasteiger partial charge in [0.25, 0.3) is 0 Å². The maximum atomic E-state index is 12.4. The van der Waals surface area contributed by atoms with Gasteiger partial charge in [0.05, 0.1) is 12.0 Å². The van der Waals surface area contributed by atoms with E-state index >= 15 is 0 Å². The number of rotatable bonds is 5. The van der Waals surface area contributed by atoms with Crippen LogP contribution >= 0.6 is 11.3 Å². The highest BCUT2D eigenvalue weighted by Crippen LogP contribution is 2.32. The molecule has 0 saturated carbocycles. The van der Waals surface area contributed by atoms with Crippen LogP contribution in [0.4, 0.5) is 5.69 Å². The molecular weight excluding hydrogens is 270 g/mol. The topological polar surface area (TPSA) is 52.3 Å². The number of anilines is 1. The SMILES string of the molecule is CCOC(=O)C(C)(Cc1cccs1)c1cccc(N)c1. The smallest absolute Gasteiger partial charge is 0.316 e. The van der Waals surface area contributed by atoms with Crippen molar-refractivity contribution < 1.29 is 9.53 Å². The lowest BCUT2D eigenvalue weighted by Crippen LogP contribution is -2.36. The van der Waals surface area contributed by atoms with Crippen LogP contribution in [0.1, 0.15) is 24.3 Å². The molecule has 106 valence electrons. The van der Waals surface area contributed by atoms with E-state index < -0.39 is 5.41 Å². The average Bonchev–Trinajstić information content (AvgIpc) is 2.91. The summed E-state index contributed by atoms with van der Waals surface area (Å²) in [6, 6.07) is 11.5. The second-order valence-electron chi connectivity index (χ2n) is 4.93. The van der Waals surface area contributed by atoms with Crippen molar-refractivity contribution in [2.24, 2.45) is 0 Å². The van der Waals surface area contributed by atoms with Gasteiger partial charge in [-0.15, -0.1) is 11.3 Å². The van der Waals surface area contributed by atoms with Gasteiger partial charge >= 0.3 is 5.97 Å². The largest absolute Gasteiger partial charge is 0.465 e. The van der Waals surface area contributed by atoms with Gasteiger partial charge in [0.1, 0.15) is 0 Å². The fraction of sp³-hybridized carbons (Fsp3) is 0.312. The van der Waals surface area contributed by atoms with E-state index in [2.05, 4.69) is 0 Å². The summed E-state index contributed by atoms with van der Waals surface area (Å²) in [4.78, 5) is 13.6. The van der Waals surface area contributed by atoms with E-state index in [1.165, 1.54) is 0 Å². The summed E-state index contributed by atoms with van der Waals surface area (Å²) in [6.45, 7) is 4.11. The van der Waals surface area contributed by atoms with Crippen LogP contribution in [-0.2, 0) is 21.4 Å². The molecular formula is C16H19NO2S. The van der Waals surface area contributed by atoms with Gasteiger partial charge in [-0.3, -0.25) is 4.79 Å². The molecule has 1 aromatic heterocycles. The van der Waals surface area contributed by atoms with Crippen molar-refractivity contribution in [2.75, 3.05) is 12.3 Å². The zero-order valence-corrected chi connectivity index (χ0v) is 12.6. The Balaban J connectivity index is 2.40. The number of hydrogen-bond donors (Lipinski definition) is 1. The van der Waals surface area contributed by atoms with Crippen LogP contribution in [0.3, 0.4) is 0 Å². The molecule has 1 heterocycles. The third-order valence-electron chi connectivity index (χ3n) is 3.36. The molecule has 1 atom stereocenters. The molecule has 2 rings (SSSR count). The lowest BCUT2D eigenvalue weighted by molar-refractivity contribution is -0.149. The molecule has 0 aliphatic rings. The lowest BCUT2D eigenvalue weighted by atomic mass is 9.79. The molecule has 0 radical (unpaired) electrons. The summed E-state index contributed by atoms with van der Waals surface area (Å²) in [5.41, 5.74) is 6.69. The first-order valence-corrected chi connectivity index (χ1v) is 7.50. The highest BCUT2D eigenvalue weighted by molar-refractivity contribution is 7.09. The molecule has 0 amide bonds. The summed E-state index contributed by atoms with van der Waals surface area (Å²) < 4.78 is 5.27. The van der Waals surface area contributed by atoms with E-state index in [4.69, 9.17) is 10.5 Å². The first-order chi connectivity index (χ1) is 9.56. The minimum absolute atomic E-state index is 0.209. The van der Waals surface area contributed by atoms with Crippen LogP contribution in [0.25, 0.3) is 0 Å². The third-order valence-corrected chi connectivity index (χ3v) is 4.23. The van der Waals surface area contributed by atoms with Crippen LogP contribution in [0.15, 0.2) is 41.8 Å². The Hall–Kier alpha value is -1.81. The van der Waals surface area contributed by atoms with Gasteiger partial charge in [-0.25, -0.2) is 0 Å². The number of ether oxygens (including phenoxy) is 1. The Morgan fingerprint density at radius 3 is 2.75 bits per heavy atom. The van der Waals surface area contributed by atoms with Crippen molar-refractivity contribution in [1.82, 2.24) is 0 Å². The Morgan fingerprint density at radius 2 is 2.15 bits per heavy atom. The maximum absolute atomic E-state index is 12.4. The predicted octanol–water partition coefficient (Wildman–Crippen LogP) is 3.39. The van der Waals surface area contributed by atoms with Crippen molar-refractivity contribution >= 4 is 23.0 Å². The van der Waals surface area contributed by atoms with Gasteiger partial charge in [0, 0.05) is 17.0 Å². The summed E-state index contributed by atoms with van der Waals surface area (Å²) in [5.74, 6) is -0.209. The highest BCUT2D eigenvalue weighted by Gasteiger charge is 2.37. The monoisotopic (exact) mass is 289 g/mol. The fourth-order valence-corrected chi connectivity index (χ4v) is 3.09. The molecule has 0 spiro atoms. The van der Waals surface area contributed by atoms with E-state index in [9.17, 15) is 4.79 Å². The number of nitrogen functional groups attached to an aromatic ring is 1. The Labute approximate surface area is 123 Å². The Bertz CT molecular complexity index is 580. The van der Waals surface area contributed by atoms with E-state index in [1.54, 1.807) is 11.3 Å². The van der Waals surface area contributed by atoms with Crippen molar-refractivity contribution in [3.63, 3.8) is 0 Å². The fourth-order valence-electron chi connectivity index (χ4n) is 2.23. The number of nitrogens with two attached hydrogens (primary N) is 1. The van der Waals surface area contributed by atoms with Crippen molar-refractivity contribution in [2.45, 2.75) is 25.7 Å². The maximum Gasteiger partial charge on any atom is 0.316 e. The molecule has 1 unspecified atom stereocenters. The number of carbonyl (C=O) groups is 1. The number of esters is 1. The van der Waals surface area contributed by atoms with Gasteiger partial charge < -0.3 is 10.5 Å². The molecule has 0 bridgehead atoms. The molecule has 0 aliphatic heterocycles. The Kier molecular flexibility index (Phi) is 4.45. The van der Waals surface area contributed by atoms with Crippen LogP contribution in [-0.4, -0.2) is 12.6 Å². The van der Waals surface area contributed by atoms with Crippen LogP contribution in [0.5, 0.6) is 0 Å². The third kappa shape index (κ3) is 3.02. The quantitative estimate of drug-likeness (QED) is 0.678. The summed E-state index contributed by atoms with van der Waals surface area (Å²) >= 11 is 1.65. The number of carbonyl (C=O) groups excluding carboxylic acids is 1. The summed E-state index contributed by atoms with van der Waals surface area (Å²) in [5, 5.41) is 2.01. The minimum atomic E-state index is -0.712. The molecule has 0 aliphatic carbocycles. The number of hydrogen-bond acceptors (Lipinski definition) is 4. The van der Waals surface area contributed by atoms with Gasteiger partial charge in [-0.05, 0) is 43.0 Å². The second kappa shape index (κ2) is 6.09. The molecule has 20 heavy (non-hydrogen) atoms. The number of benzene rings is 1. The number of thiophene rings is 1. The molecule has 0 fully saturated rings. The summed E-state index contributed by atoms with van der Waals surface area (Å²) in [6.07, 6.45) is 0.618. The molecule has 2 aromatic rings. The van der Waals surface area contributed by atoms with E-state index in [-0.39, 0.29) is 5.97 Å². The first kappa shape index (κ1) is 14.6. The standard InChI is InChI=1S/C16H19NO2S/c1-3-19-15(18)16(2,11-14-8-5-9-20-14)12-6-4-7-13(17)10-12/h4-10H,3,11,17H2,1-2H3. The van der Waals surface area contributed by atoms with Gasteiger partial charge in [-0.2, -0.15) is 0 Å². The van der Waals surface area contributed by atoms with Crippen molar-refractivity contribution in [3.8, 4) is 0 Å². The van der Waals surface area contributed by atoms with Crippen molar-refractivity contribution in [1.29, 1.82) is 0 Å². The van der Waals surface area contributed by atoms with Gasteiger partial charge in [0.15, 0.2) is 0 Å². The predicted molar refractivity (Wildman–Crippen MR) is 82.9 cm³/mol. The zero-order valence-electron chi connectivity index (χ0n) is 11.8. The summed E-state index contributed by atoms with van der Waals surface area (Å²) in [7, 11) is 0. The lowest BCUT2D eigenvalue weighted by Gasteiger charge is -2.27. The average molecular weight is 289 g/mol. The minimum Gasteiger partial charge on any atom is -0.465 e. The van der Waals surface area contributed by atoms with E-state index in [0.717, 1.165) is 10.4 Å². The van der Waals surface area contributed by atoms with Crippen LogP contribution in [0, 0.1) is 0 Å². The zero-order chi connectivity index (χ0) is 14.6. The van der Waals surface area contributed by atoms with Crippen LogP contribution < -0.4 is 5.73 Å². The molecule has 1 aromatic carbocycles. The van der Waals surface area contributed by atoms with Crippen molar-refractivity contribution in [3.05, 3.63) is 52.2 Å². The molecule has 2 N–H and O–H groups in total. The van der Waals surface area contributed by atoms with E-state index in [1.807, 2.05) is 55.6 Å². The molecule has 4 heteroatoms. The highest BCUT2D eigenvalue weighted by atomic mass is 32.1. The van der Waals surface area contributed by atoms with Gasteiger partial charge in [-0.1, -0.05) is 18.2 Å². The Morgan fingerprint density at radius 1 is 1.35 bits per heavy atom. The van der Waals surface area contributed by atoms with Crippen LogP contribution in [0.2, 0.25) is 0 Å².